The second kappa shape index (κ2) is 3.69. The van der Waals surface area contributed by atoms with E-state index in [9.17, 15) is 0 Å². The Balaban J connectivity index is 2.76. The van der Waals surface area contributed by atoms with Crippen molar-refractivity contribution in [1.29, 1.82) is 5.26 Å². The van der Waals surface area contributed by atoms with Crippen LogP contribution in [-0.2, 0) is 11.3 Å². The van der Waals surface area contributed by atoms with E-state index in [0.29, 0.717) is 12.2 Å². The molecule has 0 N–H and O–H groups in total. The third kappa shape index (κ3) is 2.03. The van der Waals surface area contributed by atoms with Gasteiger partial charge in [0.25, 0.3) is 0 Å². The molecule has 0 aliphatic rings. The highest BCUT2D eigenvalue weighted by molar-refractivity contribution is 5.26. The van der Waals surface area contributed by atoms with Crippen LogP contribution in [0.2, 0.25) is 0 Å². The monoisotopic (exact) mass is 147 g/mol. The summed E-state index contributed by atoms with van der Waals surface area (Å²) in [6, 6.07) is 5.41. The van der Waals surface area contributed by atoms with Gasteiger partial charge in [0.2, 0.25) is 0 Å². The molecule has 0 aromatic carbocycles. The van der Waals surface area contributed by atoms with Gasteiger partial charge in [-0.1, -0.05) is 0 Å². The van der Waals surface area contributed by atoms with Crippen LogP contribution in [0.3, 0.4) is 0 Å². The highest BCUT2D eigenvalue weighted by Gasteiger charge is 1.92. The molecule has 1 aromatic heterocycles. The summed E-state index contributed by atoms with van der Waals surface area (Å²) in [6.45, 7) is 0.381. The zero-order valence-electron chi connectivity index (χ0n) is 5.95. The van der Waals surface area contributed by atoms with Crippen LogP contribution in [0.1, 0.15) is 11.3 Å². The summed E-state index contributed by atoms with van der Waals surface area (Å²) in [5.41, 5.74) is 1.33. The third-order valence-electron chi connectivity index (χ3n) is 1.20. The number of hydrogen-bond acceptors (Lipinski definition) is 3. The van der Waals surface area contributed by atoms with Crippen LogP contribution in [0.25, 0.3) is 0 Å². The lowest BCUT2D eigenvalue weighted by Crippen LogP contribution is -1.90. The number of ether oxygens (including phenoxy) is 1. The summed E-state index contributed by atoms with van der Waals surface area (Å²) in [4.78, 5) is 3.95. The van der Waals surface area contributed by atoms with Crippen molar-refractivity contribution < 1.29 is 4.74 Å². The second-order valence-electron chi connectivity index (χ2n) is 2.00. The number of aromatic nitrogens is 1. The molecule has 0 spiro atoms. The molecule has 1 radical (unpaired) electrons. The fourth-order valence-corrected chi connectivity index (χ4v) is 0.681. The summed E-state index contributed by atoms with van der Waals surface area (Å²) >= 11 is 0. The summed E-state index contributed by atoms with van der Waals surface area (Å²) < 4.78 is 4.61. The predicted octanol–water partition coefficient (Wildman–Crippen LogP) is 1.26. The van der Waals surface area contributed by atoms with E-state index in [4.69, 9.17) is 5.26 Å². The molecular weight excluding hydrogens is 140 g/mol. The van der Waals surface area contributed by atoms with Crippen LogP contribution in [0.4, 0.5) is 0 Å². The fraction of sp³-hybridized carbons (Fsp3) is 0.125. The first kappa shape index (κ1) is 7.70. The van der Waals surface area contributed by atoms with E-state index in [-0.39, 0.29) is 0 Å². The van der Waals surface area contributed by atoms with Gasteiger partial charge in [-0.25, -0.2) is 0 Å². The molecule has 55 valence electrons. The van der Waals surface area contributed by atoms with Crippen LogP contribution in [-0.4, -0.2) is 4.98 Å². The lowest BCUT2D eigenvalue weighted by Gasteiger charge is -1.95. The van der Waals surface area contributed by atoms with E-state index in [2.05, 4.69) is 16.8 Å². The SMILES string of the molecule is [CH2]OCc1ccc(C#N)cn1. The zero-order valence-corrected chi connectivity index (χ0v) is 5.95. The van der Waals surface area contributed by atoms with Gasteiger partial charge in [0.1, 0.15) is 6.07 Å². The van der Waals surface area contributed by atoms with E-state index < -0.39 is 0 Å². The summed E-state index contributed by atoms with van der Waals surface area (Å²) in [7, 11) is 3.22. The molecule has 0 saturated carbocycles. The average Bonchev–Trinajstić information content (AvgIpc) is 2.07. The van der Waals surface area contributed by atoms with Crippen molar-refractivity contribution in [2.24, 2.45) is 0 Å². The minimum absolute atomic E-state index is 0.381. The van der Waals surface area contributed by atoms with Gasteiger partial charge in [-0.2, -0.15) is 5.26 Å². The van der Waals surface area contributed by atoms with Crippen LogP contribution in [0, 0.1) is 18.4 Å². The maximum atomic E-state index is 8.42. The van der Waals surface area contributed by atoms with E-state index in [1.807, 2.05) is 6.07 Å². The zero-order chi connectivity index (χ0) is 8.10. The summed E-state index contributed by atoms with van der Waals surface area (Å²) in [6.07, 6.45) is 1.51. The highest BCUT2D eigenvalue weighted by atomic mass is 16.5. The molecule has 0 saturated heterocycles. The van der Waals surface area contributed by atoms with Crippen LogP contribution in [0.5, 0.6) is 0 Å². The molecule has 1 aromatic rings. The predicted molar refractivity (Wildman–Crippen MR) is 39.1 cm³/mol. The molecule has 3 heteroatoms. The molecule has 0 unspecified atom stereocenters. The quantitative estimate of drug-likeness (QED) is 0.632. The van der Waals surface area contributed by atoms with Gasteiger partial charge in [-0.15, -0.1) is 0 Å². The first-order chi connectivity index (χ1) is 5.36. The molecule has 3 nitrogen and oxygen atoms in total. The normalized spacial score (nSPS) is 9.09. The molecule has 0 aliphatic carbocycles. The molecule has 1 heterocycles. The van der Waals surface area contributed by atoms with Crippen LogP contribution >= 0.6 is 0 Å². The lowest BCUT2D eigenvalue weighted by atomic mass is 10.3. The van der Waals surface area contributed by atoms with Crippen molar-refractivity contribution >= 4 is 0 Å². The van der Waals surface area contributed by atoms with Gasteiger partial charge >= 0.3 is 0 Å². The van der Waals surface area contributed by atoms with Crippen molar-refractivity contribution in [2.75, 3.05) is 0 Å². The smallest absolute Gasteiger partial charge is 0.101 e. The molecule has 0 bridgehead atoms. The molecular formula is C8H7N2O. The van der Waals surface area contributed by atoms with Crippen molar-refractivity contribution in [2.45, 2.75) is 6.61 Å². The van der Waals surface area contributed by atoms with Crippen molar-refractivity contribution in [3.63, 3.8) is 0 Å². The molecule has 11 heavy (non-hydrogen) atoms. The minimum atomic E-state index is 0.381. The number of nitrogens with zero attached hydrogens (tertiary/aromatic N) is 2. The van der Waals surface area contributed by atoms with Gasteiger partial charge < -0.3 is 4.74 Å². The Morgan fingerprint density at radius 2 is 2.45 bits per heavy atom. The van der Waals surface area contributed by atoms with Crippen LogP contribution in [0.15, 0.2) is 18.3 Å². The van der Waals surface area contributed by atoms with E-state index in [1.165, 1.54) is 6.20 Å². The van der Waals surface area contributed by atoms with E-state index >= 15 is 0 Å². The summed E-state index contributed by atoms with van der Waals surface area (Å²) in [5, 5.41) is 8.42. The molecule has 0 amide bonds. The first-order valence-corrected chi connectivity index (χ1v) is 3.09. The third-order valence-corrected chi connectivity index (χ3v) is 1.20. The maximum Gasteiger partial charge on any atom is 0.101 e. The highest BCUT2D eigenvalue weighted by Crippen LogP contribution is 1.99. The molecule has 0 aliphatic heterocycles. The second-order valence-corrected chi connectivity index (χ2v) is 2.00. The van der Waals surface area contributed by atoms with Gasteiger partial charge in [-0.3, -0.25) is 4.98 Å². The Labute approximate surface area is 65.3 Å². The van der Waals surface area contributed by atoms with E-state index in [1.54, 1.807) is 12.1 Å². The van der Waals surface area contributed by atoms with Crippen molar-refractivity contribution in [1.82, 2.24) is 4.98 Å². The number of rotatable bonds is 2. The molecule has 1 rings (SSSR count). The molecule has 0 fully saturated rings. The topological polar surface area (TPSA) is 45.9 Å². The number of pyridine rings is 1. The Kier molecular flexibility index (Phi) is 2.59. The number of hydrogen-bond donors (Lipinski definition) is 0. The Hall–Kier alpha value is -1.40. The van der Waals surface area contributed by atoms with Gasteiger partial charge in [0.15, 0.2) is 0 Å². The van der Waals surface area contributed by atoms with Gasteiger partial charge in [0.05, 0.1) is 25.0 Å². The maximum absolute atomic E-state index is 8.42. The Bertz CT molecular complexity index is 260. The number of nitriles is 1. The first-order valence-electron chi connectivity index (χ1n) is 3.09. The fourth-order valence-electron chi connectivity index (χ4n) is 0.681. The molecule has 0 atom stereocenters. The Morgan fingerprint density at radius 1 is 1.64 bits per heavy atom. The van der Waals surface area contributed by atoms with E-state index in [0.717, 1.165) is 5.69 Å². The van der Waals surface area contributed by atoms with Crippen molar-refractivity contribution in [3.8, 4) is 6.07 Å². The Morgan fingerprint density at radius 3 is 2.91 bits per heavy atom. The van der Waals surface area contributed by atoms with Gasteiger partial charge in [-0.05, 0) is 12.1 Å². The standard InChI is InChI=1S/C8H7N2O/c1-11-6-8-3-2-7(4-9)5-10-8/h2-3,5H,1,6H2. The van der Waals surface area contributed by atoms with Crippen molar-refractivity contribution in [3.05, 3.63) is 36.7 Å². The largest absolute Gasteiger partial charge is 0.373 e. The lowest BCUT2D eigenvalue weighted by molar-refractivity contribution is 0.225. The average molecular weight is 147 g/mol. The van der Waals surface area contributed by atoms with Gasteiger partial charge in [0, 0.05) is 6.20 Å². The van der Waals surface area contributed by atoms with Crippen LogP contribution < -0.4 is 0 Å². The summed E-state index contributed by atoms with van der Waals surface area (Å²) in [5.74, 6) is 0. The minimum Gasteiger partial charge on any atom is -0.373 e.